The van der Waals surface area contributed by atoms with Crippen molar-refractivity contribution in [1.82, 2.24) is 0 Å². The summed E-state index contributed by atoms with van der Waals surface area (Å²) < 4.78 is 5.76. The van der Waals surface area contributed by atoms with Crippen LogP contribution in [-0.2, 0) is 4.74 Å². The second-order valence-electron chi connectivity index (χ2n) is 5.30. The average molecular weight is 214 g/mol. The minimum atomic E-state index is -0.199. The Balaban J connectivity index is 2.54. The standard InChI is InChI=1S/C13H26O2/c1-6-8(2)7-12(14)13-9(3)10(4)15-11(13)5/h8-14H,6-7H2,1-5H3. The van der Waals surface area contributed by atoms with Crippen LogP contribution in [0.2, 0.25) is 0 Å². The molecule has 0 aromatic heterocycles. The van der Waals surface area contributed by atoms with Gasteiger partial charge in [0.25, 0.3) is 0 Å². The van der Waals surface area contributed by atoms with Crippen molar-refractivity contribution < 1.29 is 9.84 Å². The molecular weight excluding hydrogens is 188 g/mol. The molecule has 0 spiro atoms. The van der Waals surface area contributed by atoms with E-state index < -0.39 is 0 Å². The summed E-state index contributed by atoms with van der Waals surface area (Å²) in [5.41, 5.74) is 0. The van der Waals surface area contributed by atoms with Crippen LogP contribution in [0.4, 0.5) is 0 Å². The van der Waals surface area contributed by atoms with Gasteiger partial charge in [0.15, 0.2) is 0 Å². The third-order valence-corrected chi connectivity index (χ3v) is 4.10. The lowest BCUT2D eigenvalue weighted by Gasteiger charge is -2.26. The molecule has 1 aliphatic rings. The first-order valence-electron chi connectivity index (χ1n) is 6.30. The Hall–Kier alpha value is -0.0800. The highest BCUT2D eigenvalue weighted by Crippen LogP contribution is 2.36. The Morgan fingerprint density at radius 3 is 2.20 bits per heavy atom. The Kier molecular flexibility index (Phi) is 4.60. The zero-order chi connectivity index (χ0) is 11.6. The Bertz CT molecular complexity index is 193. The monoisotopic (exact) mass is 214 g/mol. The number of rotatable bonds is 4. The zero-order valence-electron chi connectivity index (χ0n) is 10.7. The molecule has 1 rings (SSSR count). The number of hydrogen-bond acceptors (Lipinski definition) is 2. The summed E-state index contributed by atoms with van der Waals surface area (Å²) in [4.78, 5) is 0. The van der Waals surface area contributed by atoms with Crippen molar-refractivity contribution in [1.29, 1.82) is 0 Å². The molecule has 1 fully saturated rings. The highest BCUT2D eigenvalue weighted by molar-refractivity contribution is 4.88. The maximum atomic E-state index is 10.2. The molecule has 0 aromatic rings. The van der Waals surface area contributed by atoms with E-state index in [1.54, 1.807) is 0 Å². The molecule has 1 saturated heterocycles. The molecule has 0 amide bonds. The maximum absolute atomic E-state index is 10.2. The highest BCUT2D eigenvalue weighted by atomic mass is 16.5. The van der Waals surface area contributed by atoms with Crippen LogP contribution >= 0.6 is 0 Å². The largest absolute Gasteiger partial charge is 0.393 e. The number of aliphatic hydroxyl groups is 1. The van der Waals surface area contributed by atoms with Crippen molar-refractivity contribution >= 4 is 0 Å². The van der Waals surface area contributed by atoms with Crippen molar-refractivity contribution in [3.8, 4) is 0 Å². The van der Waals surface area contributed by atoms with Gasteiger partial charge in [-0.2, -0.15) is 0 Å². The van der Waals surface area contributed by atoms with Crippen LogP contribution < -0.4 is 0 Å². The normalized spacial score (nSPS) is 40.4. The van der Waals surface area contributed by atoms with Crippen LogP contribution in [0.15, 0.2) is 0 Å². The van der Waals surface area contributed by atoms with E-state index >= 15 is 0 Å². The van der Waals surface area contributed by atoms with Crippen molar-refractivity contribution in [3.05, 3.63) is 0 Å². The van der Waals surface area contributed by atoms with Gasteiger partial charge in [0.05, 0.1) is 18.3 Å². The molecule has 1 N–H and O–H groups in total. The third-order valence-electron chi connectivity index (χ3n) is 4.10. The van der Waals surface area contributed by atoms with Gasteiger partial charge in [0.1, 0.15) is 0 Å². The molecule has 90 valence electrons. The molecule has 15 heavy (non-hydrogen) atoms. The van der Waals surface area contributed by atoms with E-state index in [1.807, 2.05) is 0 Å². The van der Waals surface area contributed by atoms with Crippen LogP contribution in [0.25, 0.3) is 0 Å². The van der Waals surface area contributed by atoms with Gasteiger partial charge >= 0.3 is 0 Å². The smallest absolute Gasteiger partial charge is 0.0607 e. The van der Waals surface area contributed by atoms with Gasteiger partial charge in [0.2, 0.25) is 0 Å². The summed E-state index contributed by atoms with van der Waals surface area (Å²) in [5.74, 6) is 1.39. The van der Waals surface area contributed by atoms with Crippen molar-refractivity contribution in [2.75, 3.05) is 0 Å². The fourth-order valence-corrected chi connectivity index (χ4v) is 2.69. The molecule has 0 saturated carbocycles. The molecule has 6 unspecified atom stereocenters. The first kappa shape index (κ1) is 13.0. The van der Waals surface area contributed by atoms with E-state index in [0.717, 1.165) is 12.8 Å². The van der Waals surface area contributed by atoms with Crippen molar-refractivity contribution in [2.45, 2.75) is 65.8 Å². The zero-order valence-corrected chi connectivity index (χ0v) is 10.7. The molecule has 0 bridgehead atoms. The molecule has 2 nitrogen and oxygen atoms in total. The lowest BCUT2D eigenvalue weighted by atomic mass is 9.81. The summed E-state index contributed by atoms with van der Waals surface area (Å²) in [6.07, 6.45) is 2.34. The molecule has 0 aliphatic carbocycles. The molecule has 1 aliphatic heterocycles. The van der Waals surface area contributed by atoms with E-state index in [1.165, 1.54) is 0 Å². The van der Waals surface area contributed by atoms with Gasteiger partial charge in [-0.1, -0.05) is 27.2 Å². The molecule has 2 heteroatoms. The van der Waals surface area contributed by atoms with Gasteiger partial charge in [-0.3, -0.25) is 0 Å². The highest BCUT2D eigenvalue weighted by Gasteiger charge is 2.41. The van der Waals surface area contributed by atoms with E-state index in [0.29, 0.717) is 17.8 Å². The Morgan fingerprint density at radius 1 is 1.20 bits per heavy atom. The van der Waals surface area contributed by atoms with Crippen LogP contribution in [0.3, 0.4) is 0 Å². The lowest BCUT2D eigenvalue weighted by Crippen LogP contribution is -2.32. The summed E-state index contributed by atoms with van der Waals surface area (Å²) in [7, 11) is 0. The third kappa shape index (κ3) is 2.94. The van der Waals surface area contributed by atoms with Gasteiger partial charge in [0, 0.05) is 5.92 Å². The van der Waals surface area contributed by atoms with Gasteiger partial charge in [-0.15, -0.1) is 0 Å². The van der Waals surface area contributed by atoms with Crippen LogP contribution in [0.1, 0.15) is 47.5 Å². The molecular formula is C13H26O2. The quantitative estimate of drug-likeness (QED) is 0.779. The molecule has 1 heterocycles. The Labute approximate surface area is 94.0 Å². The Morgan fingerprint density at radius 2 is 1.80 bits per heavy atom. The maximum Gasteiger partial charge on any atom is 0.0607 e. The summed E-state index contributed by atoms with van der Waals surface area (Å²) in [5, 5.41) is 10.2. The summed E-state index contributed by atoms with van der Waals surface area (Å²) in [6, 6.07) is 0. The average Bonchev–Trinajstić information content (AvgIpc) is 2.41. The number of hydrogen-bond donors (Lipinski definition) is 1. The summed E-state index contributed by atoms with van der Waals surface area (Å²) >= 11 is 0. The van der Waals surface area contributed by atoms with E-state index in [2.05, 4.69) is 34.6 Å². The van der Waals surface area contributed by atoms with Gasteiger partial charge in [-0.25, -0.2) is 0 Å². The first-order valence-corrected chi connectivity index (χ1v) is 6.30. The SMILES string of the molecule is CCC(C)CC(O)C1C(C)OC(C)C1C. The van der Waals surface area contributed by atoms with Gasteiger partial charge in [-0.05, 0) is 32.1 Å². The fourth-order valence-electron chi connectivity index (χ4n) is 2.69. The number of ether oxygens (including phenoxy) is 1. The van der Waals surface area contributed by atoms with Crippen LogP contribution in [-0.4, -0.2) is 23.4 Å². The van der Waals surface area contributed by atoms with Crippen molar-refractivity contribution in [2.24, 2.45) is 17.8 Å². The second kappa shape index (κ2) is 5.31. The van der Waals surface area contributed by atoms with Crippen LogP contribution in [0.5, 0.6) is 0 Å². The van der Waals surface area contributed by atoms with E-state index in [-0.39, 0.29) is 18.3 Å². The van der Waals surface area contributed by atoms with Gasteiger partial charge < -0.3 is 9.84 Å². The van der Waals surface area contributed by atoms with E-state index in [4.69, 9.17) is 4.74 Å². The summed E-state index contributed by atoms with van der Waals surface area (Å²) in [6.45, 7) is 10.8. The minimum absolute atomic E-state index is 0.199. The topological polar surface area (TPSA) is 29.5 Å². The first-order chi connectivity index (χ1) is 6.97. The molecule has 6 atom stereocenters. The number of aliphatic hydroxyl groups excluding tert-OH is 1. The fraction of sp³-hybridized carbons (Fsp3) is 1.00. The molecule has 0 aromatic carbocycles. The predicted molar refractivity (Wildman–Crippen MR) is 62.7 cm³/mol. The second-order valence-corrected chi connectivity index (χ2v) is 5.30. The lowest BCUT2D eigenvalue weighted by molar-refractivity contribution is 0.0160. The van der Waals surface area contributed by atoms with Crippen LogP contribution in [0, 0.1) is 17.8 Å². The minimum Gasteiger partial charge on any atom is -0.393 e. The molecule has 0 radical (unpaired) electrons. The predicted octanol–water partition coefficient (Wildman–Crippen LogP) is 2.84. The van der Waals surface area contributed by atoms with E-state index in [9.17, 15) is 5.11 Å². The van der Waals surface area contributed by atoms with Crippen molar-refractivity contribution in [3.63, 3.8) is 0 Å².